The monoisotopic (exact) mass is 300 g/mol. The molecule has 2 rings (SSSR count). The molecular weight excluding hydrogens is 296 g/mol. The van der Waals surface area contributed by atoms with E-state index in [1.54, 1.807) is 5.38 Å². The highest BCUT2D eigenvalue weighted by molar-refractivity contribution is 9.10. The zero-order chi connectivity index (χ0) is 11.5. The minimum Gasteiger partial charge on any atom is -0.478 e. The normalized spacial score (nSPS) is 10.1. The number of aromatic nitrogens is 2. The van der Waals surface area contributed by atoms with Crippen LogP contribution in [-0.2, 0) is 0 Å². The van der Waals surface area contributed by atoms with Gasteiger partial charge in [0.15, 0.2) is 5.75 Å². The van der Waals surface area contributed by atoms with E-state index >= 15 is 0 Å². The standard InChI is InChI=1S/C9H5BrN2O3S/c10-7-4-16-9(12-7)15-6-3-11-2-1-5(6)8(13)14/h1-4H,(H,13,14). The third kappa shape index (κ3) is 2.37. The summed E-state index contributed by atoms with van der Waals surface area (Å²) in [6, 6.07) is 1.38. The van der Waals surface area contributed by atoms with Crippen LogP contribution >= 0.6 is 27.3 Å². The van der Waals surface area contributed by atoms with Crippen LogP contribution in [0.1, 0.15) is 10.4 Å². The Balaban J connectivity index is 2.31. The Kier molecular flexibility index (Phi) is 3.16. The van der Waals surface area contributed by atoms with E-state index in [2.05, 4.69) is 25.9 Å². The number of ether oxygens (including phenoxy) is 1. The summed E-state index contributed by atoms with van der Waals surface area (Å²) in [6.07, 6.45) is 2.74. The highest BCUT2D eigenvalue weighted by atomic mass is 79.9. The van der Waals surface area contributed by atoms with Crippen molar-refractivity contribution >= 4 is 33.2 Å². The van der Waals surface area contributed by atoms with Crippen molar-refractivity contribution in [1.82, 2.24) is 9.97 Å². The second-order valence-electron chi connectivity index (χ2n) is 2.72. The van der Waals surface area contributed by atoms with Crippen molar-refractivity contribution in [3.05, 3.63) is 34.0 Å². The van der Waals surface area contributed by atoms with Gasteiger partial charge in [-0.2, -0.15) is 4.98 Å². The lowest BCUT2D eigenvalue weighted by atomic mass is 10.2. The molecule has 7 heteroatoms. The molecule has 2 aromatic rings. The molecule has 0 spiro atoms. The number of thiazole rings is 1. The lowest BCUT2D eigenvalue weighted by Gasteiger charge is -2.03. The van der Waals surface area contributed by atoms with Gasteiger partial charge in [0.25, 0.3) is 5.19 Å². The topological polar surface area (TPSA) is 72.3 Å². The van der Waals surface area contributed by atoms with Crippen molar-refractivity contribution in [3.8, 4) is 10.9 Å². The predicted octanol–water partition coefficient (Wildman–Crippen LogP) is 2.79. The summed E-state index contributed by atoms with van der Waals surface area (Å²) in [5, 5.41) is 11.0. The fourth-order valence-corrected chi connectivity index (χ4v) is 2.12. The highest BCUT2D eigenvalue weighted by Gasteiger charge is 2.12. The third-order valence-electron chi connectivity index (χ3n) is 1.67. The van der Waals surface area contributed by atoms with E-state index in [0.29, 0.717) is 9.80 Å². The fourth-order valence-electron chi connectivity index (χ4n) is 1.02. The molecule has 0 atom stereocenters. The van der Waals surface area contributed by atoms with Gasteiger partial charge in [-0.1, -0.05) is 11.3 Å². The predicted molar refractivity (Wildman–Crippen MR) is 61.1 cm³/mol. The molecule has 0 bridgehead atoms. The second kappa shape index (κ2) is 4.58. The van der Waals surface area contributed by atoms with Crippen LogP contribution in [0, 0.1) is 0 Å². The summed E-state index contributed by atoms with van der Waals surface area (Å²) >= 11 is 4.44. The molecule has 2 heterocycles. The van der Waals surface area contributed by atoms with E-state index in [4.69, 9.17) is 9.84 Å². The van der Waals surface area contributed by atoms with E-state index in [9.17, 15) is 4.79 Å². The summed E-state index contributed by atoms with van der Waals surface area (Å²) in [5.74, 6) is -0.884. The maximum Gasteiger partial charge on any atom is 0.339 e. The van der Waals surface area contributed by atoms with E-state index < -0.39 is 5.97 Å². The number of carboxylic acids is 1. The van der Waals surface area contributed by atoms with E-state index in [1.165, 1.54) is 29.8 Å². The molecule has 1 N–H and O–H groups in total. The summed E-state index contributed by atoms with van der Waals surface area (Å²) in [6.45, 7) is 0. The van der Waals surface area contributed by atoms with Gasteiger partial charge in [0, 0.05) is 11.6 Å². The first kappa shape index (κ1) is 11.0. The van der Waals surface area contributed by atoms with Crippen LogP contribution in [0.15, 0.2) is 28.4 Å². The Morgan fingerprint density at radius 1 is 1.56 bits per heavy atom. The van der Waals surface area contributed by atoms with Crippen LogP contribution < -0.4 is 4.74 Å². The first-order valence-corrected chi connectivity index (χ1v) is 5.80. The zero-order valence-electron chi connectivity index (χ0n) is 7.75. The summed E-state index contributed by atoms with van der Waals surface area (Å²) in [7, 11) is 0. The molecular formula is C9H5BrN2O3S. The van der Waals surface area contributed by atoms with Crippen LogP contribution in [0.4, 0.5) is 0 Å². The van der Waals surface area contributed by atoms with Gasteiger partial charge in [-0.15, -0.1) is 0 Å². The Hall–Kier alpha value is -1.47. The van der Waals surface area contributed by atoms with Crippen LogP contribution in [-0.4, -0.2) is 21.0 Å². The summed E-state index contributed by atoms with van der Waals surface area (Å²) in [5.41, 5.74) is 0.0568. The molecule has 82 valence electrons. The molecule has 0 aromatic carbocycles. The van der Waals surface area contributed by atoms with Crippen molar-refractivity contribution in [1.29, 1.82) is 0 Å². The number of hydrogen-bond donors (Lipinski definition) is 1. The summed E-state index contributed by atoms with van der Waals surface area (Å²) < 4.78 is 5.97. The molecule has 0 aliphatic rings. The number of nitrogens with zero attached hydrogens (tertiary/aromatic N) is 2. The minimum atomic E-state index is -1.06. The van der Waals surface area contributed by atoms with Crippen molar-refractivity contribution in [2.24, 2.45) is 0 Å². The van der Waals surface area contributed by atoms with E-state index in [1.807, 2.05) is 0 Å². The van der Waals surface area contributed by atoms with Gasteiger partial charge in [0.05, 0.1) is 6.20 Å². The molecule has 16 heavy (non-hydrogen) atoms. The Morgan fingerprint density at radius 3 is 3.00 bits per heavy atom. The van der Waals surface area contributed by atoms with Crippen molar-refractivity contribution < 1.29 is 14.6 Å². The molecule has 0 aliphatic carbocycles. The lowest BCUT2D eigenvalue weighted by Crippen LogP contribution is -2.00. The molecule has 0 saturated carbocycles. The first-order chi connectivity index (χ1) is 7.66. The number of halogens is 1. The highest BCUT2D eigenvalue weighted by Crippen LogP contribution is 2.28. The largest absolute Gasteiger partial charge is 0.478 e. The zero-order valence-corrected chi connectivity index (χ0v) is 10.2. The van der Waals surface area contributed by atoms with Crippen LogP contribution in [0.25, 0.3) is 0 Å². The third-order valence-corrected chi connectivity index (χ3v) is 3.09. The van der Waals surface area contributed by atoms with Gasteiger partial charge in [0.1, 0.15) is 10.2 Å². The number of carbonyl (C=O) groups is 1. The number of aromatic carboxylic acids is 1. The fraction of sp³-hybridized carbons (Fsp3) is 0. The number of pyridine rings is 1. The van der Waals surface area contributed by atoms with Crippen molar-refractivity contribution in [2.75, 3.05) is 0 Å². The SMILES string of the molecule is O=C(O)c1ccncc1Oc1nc(Br)cs1. The average molecular weight is 301 g/mol. The van der Waals surface area contributed by atoms with E-state index in [0.717, 1.165) is 0 Å². The lowest BCUT2D eigenvalue weighted by molar-refractivity contribution is 0.0694. The van der Waals surface area contributed by atoms with Crippen LogP contribution in [0.3, 0.4) is 0 Å². The molecule has 2 aromatic heterocycles. The quantitative estimate of drug-likeness (QED) is 0.943. The van der Waals surface area contributed by atoms with Gasteiger partial charge < -0.3 is 9.84 Å². The molecule has 0 aliphatic heterocycles. The Bertz CT molecular complexity index is 529. The number of carboxylic acid groups (broad SMARTS) is 1. The minimum absolute atomic E-state index is 0.0568. The molecule has 0 radical (unpaired) electrons. The molecule has 0 saturated heterocycles. The maximum atomic E-state index is 10.9. The average Bonchev–Trinajstić information content (AvgIpc) is 2.64. The van der Waals surface area contributed by atoms with Crippen LogP contribution in [0.5, 0.6) is 10.9 Å². The van der Waals surface area contributed by atoms with Crippen molar-refractivity contribution in [3.63, 3.8) is 0 Å². The van der Waals surface area contributed by atoms with E-state index in [-0.39, 0.29) is 11.3 Å². The maximum absolute atomic E-state index is 10.9. The molecule has 0 fully saturated rings. The van der Waals surface area contributed by atoms with Gasteiger partial charge in [-0.25, -0.2) is 4.79 Å². The molecule has 0 amide bonds. The Labute approximate surface area is 103 Å². The van der Waals surface area contributed by atoms with Crippen molar-refractivity contribution in [2.45, 2.75) is 0 Å². The van der Waals surface area contributed by atoms with Gasteiger partial charge >= 0.3 is 5.97 Å². The second-order valence-corrected chi connectivity index (χ2v) is 4.35. The smallest absolute Gasteiger partial charge is 0.339 e. The molecule has 0 unspecified atom stereocenters. The van der Waals surface area contributed by atoms with Gasteiger partial charge in [-0.3, -0.25) is 4.98 Å². The summed E-state index contributed by atoms with van der Waals surface area (Å²) in [4.78, 5) is 18.7. The first-order valence-electron chi connectivity index (χ1n) is 4.13. The number of hydrogen-bond acceptors (Lipinski definition) is 5. The number of rotatable bonds is 3. The molecule has 5 nitrogen and oxygen atoms in total. The van der Waals surface area contributed by atoms with Gasteiger partial charge in [-0.05, 0) is 22.0 Å². The van der Waals surface area contributed by atoms with Crippen LogP contribution in [0.2, 0.25) is 0 Å². The van der Waals surface area contributed by atoms with Gasteiger partial charge in [0.2, 0.25) is 0 Å². The Morgan fingerprint density at radius 2 is 2.38 bits per heavy atom.